The van der Waals surface area contributed by atoms with Gasteiger partial charge in [0.1, 0.15) is 13.2 Å². The summed E-state index contributed by atoms with van der Waals surface area (Å²) in [5.41, 5.74) is 0.758. The SMILES string of the molecule is CC1NCCC1C(=O)Nc1ccc2c(c1)OCCO2. The summed E-state index contributed by atoms with van der Waals surface area (Å²) in [5.74, 6) is 1.53. The van der Waals surface area contributed by atoms with Crippen LogP contribution in [0, 0.1) is 5.92 Å². The van der Waals surface area contributed by atoms with Gasteiger partial charge in [-0.3, -0.25) is 4.79 Å². The Bertz CT molecular complexity index is 490. The van der Waals surface area contributed by atoms with E-state index in [-0.39, 0.29) is 17.9 Å². The molecular weight excluding hydrogens is 244 g/mol. The van der Waals surface area contributed by atoms with Crippen LogP contribution in [0.4, 0.5) is 5.69 Å². The van der Waals surface area contributed by atoms with Crippen molar-refractivity contribution in [1.82, 2.24) is 5.32 Å². The van der Waals surface area contributed by atoms with Crippen LogP contribution < -0.4 is 20.1 Å². The van der Waals surface area contributed by atoms with Gasteiger partial charge in [-0.15, -0.1) is 0 Å². The van der Waals surface area contributed by atoms with Gasteiger partial charge in [0.15, 0.2) is 11.5 Å². The van der Waals surface area contributed by atoms with E-state index in [2.05, 4.69) is 10.6 Å². The van der Waals surface area contributed by atoms with Crippen LogP contribution in [0.5, 0.6) is 11.5 Å². The van der Waals surface area contributed by atoms with Gasteiger partial charge >= 0.3 is 0 Å². The molecular formula is C14H18N2O3. The fourth-order valence-electron chi connectivity index (χ4n) is 2.57. The molecule has 0 bridgehead atoms. The number of ether oxygens (including phenoxy) is 2. The fraction of sp³-hybridized carbons (Fsp3) is 0.500. The topological polar surface area (TPSA) is 59.6 Å². The Morgan fingerprint density at radius 2 is 2.11 bits per heavy atom. The number of rotatable bonds is 2. The maximum atomic E-state index is 12.2. The summed E-state index contributed by atoms with van der Waals surface area (Å²) in [7, 11) is 0. The molecule has 1 amide bonds. The van der Waals surface area contributed by atoms with E-state index >= 15 is 0 Å². The Labute approximate surface area is 112 Å². The molecule has 5 nitrogen and oxygen atoms in total. The van der Waals surface area contributed by atoms with Crippen LogP contribution in [0.1, 0.15) is 13.3 Å². The summed E-state index contributed by atoms with van der Waals surface area (Å²) in [6.07, 6.45) is 0.886. The molecule has 1 saturated heterocycles. The van der Waals surface area contributed by atoms with E-state index in [0.29, 0.717) is 19.0 Å². The zero-order valence-corrected chi connectivity index (χ0v) is 10.9. The third kappa shape index (κ3) is 2.51. The fourth-order valence-corrected chi connectivity index (χ4v) is 2.57. The number of amides is 1. The number of hydrogen-bond donors (Lipinski definition) is 2. The predicted molar refractivity (Wildman–Crippen MR) is 71.6 cm³/mol. The van der Waals surface area contributed by atoms with E-state index in [9.17, 15) is 4.79 Å². The van der Waals surface area contributed by atoms with Crippen LogP contribution in [0.2, 0.25) is 0 Å². The van der Waals surface area contributed by atoms with Gasteiger partial charge in [-0.25, -0.2) is 0 Å². The molecule has 2 N–H and O–H groups in total. The molecule has 0 aliphatic carbocycles. The second-order valence-electron chi connectivity index (χ2n) is 4.99. The van der Waals surface area contributed by atoms with Crippen molar-refractivity contribution in [2.75, 3.05) is 25.1 Å². The normalized spacial score (nSPS) is 25.1. The van der Waals surface area contributed by atoms with E-state index < -0.39 is 0 Å². The molecule has 1 aromatic rings. The van der Waals surface area contributed by atoms with Crippen molar-refractivity contribution in [2.24, 2.45) is 5.92 Å². The quantitative estimate of drug-likeness (QED) is 0.845. The van der Waals surface area contributed by atoms with E-state index in [4.69, 9.17) is 9.47 Å². The number of nitrogens with one attached hydrogen (secondary N) is 2. The molecule has 19 heavy (non-hydrogen) atoms. The molecule has 2 heterocycles. The lowest BCUT2D eigenvalue weighted by Gasteiger charge is -2.20. The summed E-state index contributed by atoms with van der Waals surface area (Å²) < 4.78 is 11.0. The average molecular weight is 262 g/mol. The number of benzene rings is 1. The van der Waals surface area contributed by atoms with Crippen molar-refractivity contribution in [1.29, 1.82) is 0 Å². The Kier molecular flexibility index (Phi) is 3.29. The summed E-state index contributed by atoms with van der Waals surface area (Å²) in [5, 5.41) is 6.23. The van der Waals surface area contributed by atoms with E-state index in [1.165, 1.54) is 0 Å². The highest BCUT2D eigenvalue weighted by Gasteiger charge is 2.29. The summed E-state index contributed by atoms with van der Waals surface area (Å²) in [4.78, 5) is 12.2. The minimum absolute atomic E-state index is 0.0354. The molecule has 3 rings (SSSR count). The van der Waals surface area contributed by atoms with Crippen LogP contribution in [0.25, 0.3) is 0 Å². The largest absolute Gasteiger partial charge is 0.486 e. The second kappa shape index (κ2) is 5.09. The standard InChI is InChI=1S/C14H18N2O3/c1-9-11(4-5-15-9)14(17)16-10-2-3-12-13(8-10)19-7-6-18-12/h2-3,8-9,11,15H,4-7H2,1H3,(H,16,17). The van der Waals surface area contributed by atoms with E-state index in [1.54, 1.807) is 0 Å². The van der Waals surface area contributed by atoms with Crippen LogP contribution in [0.15, 0.2) is 18.2 Å². The maximum Gasteiger partial charge on any atom is 0.229 e. The van der Waals surface area contributed by atoms with Gasteiger partial charge in [-0.05, 0) is 32.0 Å². The Hall–Kier alpha value is -1.75. The highest BCUT2D eigenvalue weighted by molar-refractivity contribution is 5.93. The smallest absolute Gasteiger partial charge is 0.229 e. The van der Waals surface area contributed by atoms with E-state index in [0.717, 1.165) is 24.4 Å². The molecule has 5 heteroatoms. The number of anilines is 1. The van der Waals surface area contributed by atoms with Crippen LogP contribution >= 0.6 is 0 Å². The van der Waals surface area contributed by atoms with Gasteiger partial charge in [-0.1, -0.05) is 0 Å². The van der Waals surface area contributed by atoms with Gasteiger partial charge in [0.2, 0.25) is 5.91 Å². The first-order valence-electron chi connectivity index (χ1n) is 6.68. The Balaban J connectivity index is 1.71. The molecule has 1 aromatic carbocycles. The minimum atomic E-state index is 0.0354. The lowest BCUT2D eigenvalue weighted by atomic mass is 10.0. The predicted octanol–water partition coefficient (Wildman–Crippen LogP) is 1.39. The molecule has 0 saturated carbocycles. The maximum absolute atomic E-state index is 12.2. The zero-order valence-electron chi connectivity index (χ0n) is 10.9. The van der Waals surface area contributed by atoms with Crippen molar-refractivity contribution in [3.63, 3.8) is 0 Å². The molecule has 0 aromatic heterocycles. The molecule has 102 valence electrons. The van der Waals surface area contributed by atoms with Crippen LogP contribution in [-0.4, -0.2) is 31.7 Å². The van der Waals surface area contributed by atoms with Gasteiger partial charge in [0.05, 0.1) is 5.92 Å². The lowest BCUT2D eigenvalue weighted by Crippen LogP contribution is -2.32. The van der Waals surface area contributed by atoms with Crippen molar-refractivity contribution < 1.29 is 14.3 Å². The van der Waals surface area contributed by atoms with Gasteiger partial charge in [-0.2, -0.15) is 0 Å². The highest BCUT2D eigenvalue weighted by Crippen LogP contribution is 2.32. The van der Waals surface area contributed by atoms with Gasteiger partial charge in [0, 0.05) is 17.8 Å². The third-order valence-electron chi connectivity index (χ3n) is 3.67. The first kappa shape index (κ1) is 12.3. The highest BCUT2D eigenvalue weighted by atomic mass is 16.6. The van der Waals surface area contributed by atoms with Gasteiger partial charge in [0.25, 0.3) is 0 Å². The average Bonchev–Trinajstić information content (AvgIpc) is 2.85. The summed E-state index contributed by atoms with van der Waals surface area (Å²) >= 11 is 0. The van der Waals surface area contributed by atoms with Gasteiger partial charge < -0.3 is 20.1 Å². The zero-order chi connectivity index (χ0) is 13.2. The molecule has 2 aliphatic rings. The Morgan fingerprint density at radius 3 is 2.84 bits per heavy atom. The molecule has 2 atom stereocenters. The van der Waals surface area contributed by atoms with Crippen molar-refractivity contribution in [2.45, 2.75) is 19.4 Å². The van der Waals surface area contributed by atoms with Crippen molar-refractivity contribution in [3.05, 3.63) is 18.2 Å². The summed E-state index contributed by atoms with van der Waals surface area (Å²) in [6.45, 7) is 4.07. The second-order valence-corrected chi connectivity index (χ2v) is 4.99. The molecule has 2 unspecified atom stereocenters. The van der Waals surface area contributed by atoms with E-state index in [1.807, 2.05) is 25.1 Å². The molecule has 2 aliphatic heterocycles. The van der Waals surface area contributed by atoms with Crippen molar-refractivity contribution >= 4 is 11.6 Å². The van der Waals surface area contributed by atoms with Crippen molar-refractivity contribution in [3.8, 4) is 11.5 Å². The third-order valence-corrected chi connectivity index (χ3v) is 3.67. The molecule has 1 fully saturated rings. The summed E-state index contributed by atoms with van der Waals surface area (Å²) in [6, 6.07) is 5.73. The number of fused-ring (bicyclic) bond motifs is 1. The van der Waals surface area contributed by atoms with Crippen LogP contribution in [-0.2, 0) is 4.79 Å². The number of hydrogen-bond acceptors (Lipinski definition) is 4. The first-order chi connectivity index (χ1) is 9.24. The first-order valence-corrected chi connectivity index (χ1v) is 6.68. The number of carbonyl (C=O) groups is 1. The Morgan fingerprint density at radius 1 is 1.32 bits per heavy atom. The lowest BCUT2D eigenvalue weighted by molar-refractivity contribution is -0.120. The molecule has 0 spiro atoms. The monoisotopic (exact) mass is 262 g/mol. The van der Waals surface area contributed by atoms with Crippen LogP contribution in [0.3, 0.4) is 0 Å². The minimum Gasteiger partial charge on any atom is -0.486 e. The number of carbonyl (C=O) groups excluding carboxylic acids is 1. The molecule has 0 radical (unpaired) electrons.